The van der Waals surface area contributed by atoms with Crippen molar-refractivity contribution in [3.05, 3.63) is 33.8 Å². The molecule has 0 saturated heterocycles. The Morgan fingerprint density at radius 1 is 1.29 bits per heavy atom. The molecule has 0 spiro atoms. The zero-order valence-electron chi connectivity index (χ0n) is 9.11. The Labute approximate surface area is 108 Å². The van der Waals surface area contributed by atoms with Gasteiger partial charge in [0.15, 0.2) is 0 Å². The molecule has 0 fully saturated rings. The first-order valence-electron chi connectivity index (χ1n) is 5.00. The zero-order valence-corrected chi connectivity index (χ0v) is 10.6. The van der Waals surface area contributed by atoms with Crippen molar-refractivity contribution in [1.29, 1.82) is 0 Å². The third-order valence-electron chi connectivity index (χ3n) is 2.38. The van der Waals surface area contributed by atoms with Gasteiger partial charge in [-0.25, -0.2) is 0 Å². The average molecular weight is 286 g/mol. The van der Waals surface area contributed by atoms with Crippen LogP contribution in [0.15, 0.2) is 18.2 Å². The monoisotopic (exact) mass is 285 g/mol. The minimum Gasteiger partial charge on any atom is -0.316 e. The molecular formula is C11H12Cl2F3N. The summed E-state index contributed by atoms with van der Waals surface area (Å²) in [5.41, 5.74) is 0.614. The van der Waals surface area contributed by atoms with Crippen molar-refractivity contribution in [2.45, 2.75) is 25.1 Å². The second-order valence-electron chi connectivity index (χ2n) is 3.72. The number of alkyl halides is 3. The molecule has 0 aromatic heterocycles. The van der Waals surface area contributed by atoms with Gasteiger partial charge in [-0.15, -0.1) is 0 Å². The first-order valence-corrected chi connectivity index (χ1v) is 5.76. The Hall–Kier alpha value is -0.450. The molecule has 1 aromatic carbocycles. The summed E-state index contributed by atoms with van der Waals surface area (Å²) < 4.78 is 36.8. The first kappa shape index (κ1) is 14.6. The predicted molar refractivity (Wildman–Crippen MR) is 63.7 cm³/mol. The number of nitrogens with one attached hydrogen (secondary N) is 1. The maximum Gasteiger partial charge on any atom is 0.390 e. The van der Waals surface area contributed by atoms with Crippen LogP contribution in [0.25, 0.3) is 0 Å². The van der Waals surface area contributed by atoms with Crippen LogP contribution in [-0.2, 0) is 6.42 Å². The topological polar surface area (TPSA) is 12.0 Å². The lowest BCUT2D eigenvalue weighted by Crippen LogP contribution is -2.33. The molecule has 1 aromatic rings. The van der Waals surface area contributed by atoms with Gasteiger partial charge in [-0.2, -0.15) is 13.2 Å². The maximum atomic E-state index is 12.3. The van der Waals surface area contributed by atoms with Gasteiger partial charge in [0.25, 0.3) is 0 Å². The van der Waals surface area contributed by atoms with E-state index in [9.17, 15) is 13.2 Å². The highest BCUT2D eigenvalue weighted by Crippen LogP contribution is 2.28. The van der Waals surface area contributed by atoms with Gasteiger partial charge in [-0.1, -0.05) is 35.3 Å². The van der Waals surface area contributed by atoms with Crippen molar-refractivity contribution < 1.29 is 13.2 Å². The molecule has 1 nitrogen and oxygen atoms in total. The summed E-state index contributed by atoms with van der Waals surface area (Å²) in [5, 5.41) is 3.30. The van der Waals surface area contributed by atoms with Crippen molar-refractivity contribution in [3.8, 4) is 0 Å². The molecule has 96 valence electrons. The van der Waals surface area contributed by atoms with Crippen LogP contribution in [-0.4, -0.2) is 19.3 Å². The summed E-state index contributed by atoms with van der Waals surface area (Å²) >= 11 is 11.7. The van der Waals surface area contributed by atoms with Crippen LogP contribution in [0.4, 0.5) is 13.2 Å². The molecule has 0 heterocycles. The second kappa shape index (κ2) is 5.94. The van der Waals surface area contributed by atoms with E-state index in [0.29, 0.717) is 15.6 Å². The Morgan fingerprint density at radius 3 is 2.47 bits per heavy atom. The second-order valence-corrected chi connectivity index (χ2v) is 4.51. The minimum atomic E-state index is -4.20. The lowest BCUT2D eigenvalue weighted by atomic mass is 10.0. The Morgan fingerprint density at radius 2 is 1.94 bits per heavy atom. The molecule has 0 bridgehead atoms. The number of likely N-dealkylation sites (N-methyl/N-ethyl adjacent to an activating group) is 1. The summed E-state index contributed by atoms with van der Waals surface area (Å²) in [5.74, 6) is 0. The third-order valence-corrected chi connectivity index (χ3v) is 3.24. The van der Waals surface area contributed by atoms with E-state index >= 15 is 0 Å². The van der Waals surface area contributed by atoms with E-state index in [4.69, 9.17) is 23.2 Å². The highest BCUT2D eigenvalue weighted by atomic mass is 35.5. The largest absolute Gasteiger partial charge is 0.390 e. The number of rotatable bonds is 4. The molecule has 1 unspecified atom stereocenters. The highest BCUT2D eigenvalue weighted by Gasteiger charge is 2.31. The van der Waals surface area contributed by atoms with Gasteiger partial charge in [0.1, 0.15) is 0 Å². The molecule has 0 aliphatic carbocycles. The van der Waals surface area contributed by atoms with Gasteiger partial charge < -0.3 is 5.32 Å². The van der Waals surface area contributed by atoms with Crippen molar-refractivity contribution in [2.75, 3.05) is 7.05 Å². The van der Waals surface area contributed by atoms with Crippen LogP contribution in [0.5, 0.6) is 0 Å². The Kier molecular flexibility index (Phi) is 5.10. The summed E-state index contributed by atoms with van der Waals surface area (Å²) in [6, 6.07) is 4.25. The summed E-state index contributed by atoms with van der Waals surface area (Å²) in [6.45, 7) is 0. The van der Waals surface area contributed by atoms with Crippen LogP contribution in [0, 0.1) is 0 Å². The minimum absolute atomic E-state index is 0.190. The molecule has 1 rings (SSSR count). The fourth-order valence-electron chi connectivity index (χ4n) is 1.53. The van der Waals surface area contributed by atoms with E-state index in [1.807, 2.05) is 0 Å². The first-order chi connectivity index (χ1) is 7.83. The molecule has 0 aliphatic heterocycles. The van der Waals surface area contributed by atoms with Gasteiger partial charge in [0.05, 0.1) is 16.5 Å². The van der Waals surface area contributed by atoms with E-state index < -0.39 is 18.6 Å². The van der Waals surface area contributed by atoms with Gasteiger partial charge in [0.2, 0.25) is 0 Å². The fraction of sp³-hybridized carbons (Fsp3) is 0.455. The van der Waals surface area contributed by atoms with Crippen LogP contribution in [0.3, 0.4) is 0 Å². The Bertz CT molecular complexity index is 379. The van der Waals surface area contributed by atoms with E-state index in [2.05, 4.69) is 5.32 Å². The molecule has 0 amide bonds. The van der Waals surface area contributed by atoms with Gasteiger partial charge in [-0.3, -0.25) is 0 Å². The summed E-state index contributed by atoms with van der Waals surface area (Å²) in [7, 11) is 1.49. The van der Waals surface area contributed by atoms with Crippen molar-refractivity contribution in [3.63, 3.8) is 0 Å². The SMILES string of the molecule is CNC(Cc1cccc(Cl)c1Cl)CC(F)(F)F. The maximum absolute atomic E-state index is 12.3. The standard InChI is InChI=1S/C11H12Cl2F3N/c1-17-8(6-11(14,15)16)5-7-3-2-4-9(12)10(7)13/h2-4,8,17H,5-6H2,1H3. The quantitative estimate of drug-likeness (QED) is 0.879. The summed E-state index contributed by atoms with van der Waals surface area (Å²) in [4.78, 5) is 0. The summed E-state index contributed by atoms with van der Waals surface area (Å²) in [6.07, 6.45) is -4.90. The van der Waals surface area contributed by atoms with E-state index in [-0.39, 0.29) is 6.42 Å². The average Bonchev–Trinajstić information content (AvgIpc) is 2.21. The fourth-order valence-corrected chi connectivity index (χ4v) is 1.92. The molecule has 0 radical (unpaired) electrons. The van der Waals surface area contributed by atoms with Crippen molar-refractivity contribution in [1.82, 2.24) is 5.32 Å². The molecule has 1 N–H and O–H groups in total. The van der Waals surface area contributed by atoms with E-state index in [1.165, 1.54) is 7.05 Å². The molecule has 6 heteroatoms. The normalized spacial score (nSPS) is 13.8. The molecule has 0 aliphatic rings. The van der Waals surface area contributed by atoms with Gasteiger partial charge in [0, 0.05) is 6.04 Å². The van der Waals surface area contributed by atoms with Gasteiger partial charge in [-0.05, 0) is 25.1 Å². The van der Waals surface area contributed by atoms with Crippen molar-refractivity contribution in [2.24, 2.45) is 0 Å². The Balaban J connectivity index is 2.77. The molecule has 17 heavy (non-hydrogen) atoms. The highest BCUT2D eigenvalue weighted by molar-refractivity contribution is 6.42. The van der Waals surface area contributed by atoms with E-state index in [1.54, 1.807) is 18.2 Å². The molecule has 1 atom stereocenters. The lowest BCUT2D eigenvalue weighted by molar-refractivity contribution is -0.139. The lowest BCUT2D eigenvalue weighted by Gasteiger charge is -2.18. The third kappa shape index (κ3) is 4.74. The zero-order chi connectivity index (χ0) is 13.1. The number of hydrogen-bond acceptors (Lipinski definition) is 1. The van der Waals surface area contributed by atoms with Crippen LogP contribution in [0.2, 0.25) is 10.0 Å². The van der Waals surface area contributed by atoms with E-state index in [0.717, 1.165) is 0 Å². The van der Waals surface area contributed by atoms with Crippen LogP contribution < -0.4 is 5.32 Å². The number of halogens is 5. The predicted octanol–water partition coefficient (Wildman–Crippen LogP) is 4.08. The number of benzene rings is 1. The molecule has 0 saturated carbocycles. The van der Waals surface area contributed by atoms with Gasteiger partial charge >= 0.3 is 6.18 Å². The molecular weight excluding hydrogens is 274 g/mol. The van der Waals surface area contributed by atoms with Crippen LogP contribution >= 0.6 is 23.2 Å². The number of hydrogen-bond donors (Lipinski definition) is 1. The smallest absolute Gasteiger partial charge is 0.316 e. The van der Waals surface area contributed by atoms with Crippen molar-refractivity contribution >= 4 is 23.2 Å². The van der Waals surface area contributed by atoms with Crippen LogP contribution in [0.1, 0.15) is 12.0 Å².